The molecule has 0 aromatic heterocycles. The van der Waals surface area contributed by atoms with Gasteiger partial charge in [-0.1, -0.05) is 18.2 Å². The smallest absolute Gasteiger partial charge is 0.142 e. The van der Waals surface area contributed by atoms with Gasteiger partial charge in [0, 0.05) is 50.5 Å². The second kappa shape index (κ2) is 13.4. The van der Waals surface area contributed by atoms with Crippen LogP contribution in [0.25, 0.3) is 0 Å². The van der Waals surface area contributed by atoms with Gasteiger partial charge in [-0.25, -0.2) is 0 Å². The summed E-state index contributed by atoms with van der Waals surface area (Å²) in [6.45, 7) is 6.68. The fourth-order valence-electron chi connectivity index (χ4n) is 4.68. The largest absolute Gasteiger partial charge is 0.490 e. The molecule has 0 radical (unpaired) electrons. The lowest BCUT2D eigenvalue weighted by Gasteiger charge is -2.33. The van der Waals surface area contributed by atoms with E-state index in [4.69, 9.17) is 18.9 Å². The number of nitrogens with one attached hydrogen (secondary N) is 1. The number of methoxy groups -OCH3 is 2. The van der Waals surface area contributed by atoms with Crippen LogP contribution in [0, 0.1) is 0 Å². The Morgan fingerprint density at radius 3 is 2.76 bits per heavy atom. The highest BCUT2D eigenvalue weighted by atomic mass is 32.2. The van der Waals surface area contributed by atoms with Crippen molar-refractivity contribution in [1.82, 2.24) is 5.32 Å². The van der Waals surface area contributed by atoms with E-state index in [2.05, 4.69) is 52.7 Å². The Bertz CT molecular complexity index is 879. The molecule has 2 aromatic rings. The number of rotatable bonds is 12. The SMILES string of the molecule is COCCCN1CCOc2ccc(CO[C@H]3CNCC[C@@H]3c3ccc(SCCOC)cc3)cc21. The molecular formula is C27H38N2O4S. The van der Waals surface area contributed by atoms with Gasteiger partial charge in [0.2, 0.25) is 0 Å². The van der Waals surface area contributed by atoms with Crippen LogP contribution >= 0.6 is 11.8 Å². The maximum atomic E-state index is 6.51. The molecule has 7 heteroatoms. The average Bonchev–Trinajstić information content (AvgIpc) is 2.88. The molecule has 2 atom stereocenters. The van der Waals surface area contributed by atoms with Gasteiger partial charge in [-0.05, 0) is 54.8 Å². The molecule has 34 heavy (non-hydrogen) atoms. The van der Waals surface area contributed by atoms with E-state index in [1.54, 1.807) is 14.2 Å². The van der Waals surface area contributed by atoms with Crippen molar-refractivity contribution >= 4 is 17.4 Å². The van der Waals surface area contributed by atoms with Gasteiger partial charge in [0.05, 0.1) is 31.5 Å². The number of fused-ring (bicyclic) bond motifs is 1. The molecular weight excluding hydrogens is 448 g/mol. The molecule has 0 amide bonds. The second-order valence-electron chi connectivity index (χ2n) is 8.84. The predicted molar refractivity (Wildman–Crippen MR) is 138 cm³/mol. The molecule has 2 aliphatic rings. The van der Waals surface area contributed by atoms with Crippen LogP contribution in [0.2, 0.25) is 0 Å². The van der Waals surface area contributed by atoms with Crippen LogP contribution in [-0.2, 0) is 20.8 Å². The molecule has 0 bridgehead atoms. The highest BCUT2D eigenvalue weighted by molar-refractivity contribution is 7.99. The lowest BCUT2D eigenvalue weighted by atomic mass is 9.88. The Morgan fingerprint density at radius 1 is 1.09 bits per heavy atom. The first-order valence-electron chi connectivity index (χ1n) is 12.3. The number of ether oxygens (including phenoxy) is 4. The number of anilines is 1. The molecule has 0 unspecified atom stereocenters. The first-order valence-corrected chi connectivity index (χ1v) is 13.3. The summed E-state index contributed by atoms with van der Waals surface area (Å²) in [5.74, 6) is 2.35. The summed E-state index contributed by atoms with van der Waals surface area (Å²) in [5, 5.41) is 3.52. The van der Waals surface area contributed by atoms with Crippen molar-refractivity contribution < 1.29 is 18.9 Å². The van der Waals surface area contributed by atoms with E-state index in [0.717, 1.165) is 70.3 Å². The summed E-state index contributed by atoms with van der Waals surface area (Å²) in [7, 11) is 3.50. The Morgan fingerprint density at radius 2 is 1.94 bits per heavy atom. The van der Waals surface area contributed by atoms with Gasteiger partial charge in [0.25, 0.3) is 0 Å². The Hall–Kier alpha value is -1.77. The minimum Gasteiger partial charge on any atom is -0.490 e. The summed E-state index contributed by atoms with van der Waals surface area (Å²) in [4.78, 5) is 3.69. The van der Waals surface area contributed by atoms with Crippen molar-refractivity contribution in [2.24, 2.45) is 0 Å². The van der Waals surface area contributed by atoms with Gasteiger partial charge in [-0.3, -0.25) is 0 Å². The molecule has 1 N–H and O–H groups in total. The summed E-state index contributed by atoms with van der Waals surface area (Å²) >= 11 is 1.84. The maximum absolute atomic E-state index is 6.51. The van der Waals surface area contributed by atoms with Crippen LogP contribution < -0.4 is 15.0 Å². The van der Waals surface area contributed by atoms with E-state index in [1.165, 1.54) is 21.7 Å². The first-order chi connectivity index (χ1) is 16.8. The minimum atomic E-state index is 0.158. The Labute approximate surface area is 208 Å². The van der Waals surface area contributed by atoms with Crippen molar-refractivity contribution in [1.29, 1.82) is 0 Å². The monoisotopic (exact) mass is 486 g/mol. The van der Waals surface area contributed by atoms with Crippen LogP contribution in [0.15, 0.2) is 47.4 Å². The molecule has 0 spiro atoms. The van der Waals surface area contributed by atoms with E-state index in [9.17, 15) is 0 Å². The maximum Gasteiger partial charge on any atom is 0.142 e. The highest BCUT2D eigenvalue weighted by Crippen LogP contribution is 2.34. The number of hydrogen-bond donors (Lipinski definition) is 1. The van der Waals surface area contributed by atoms with Gasteiger partial charge in [-0.15, -0.1) is 11.8 Å². The zero-order valence-corrected chi connectivity index (χ0v) is 21.3. The van der Waals surface area contributed by atoms with Gasteiger partial charge in [-0.2, -0.15) is 0 Å². The van der Waals surface area contributed by atoms with Crippen LogP contribution in [0.4, 0.5) is 5.69 Å². The van der Waals surface area contributed by atoms with Crippen LogP contribution in [0.3, 0.4) is 0 Å². The molecule has 6 nitrogen and oxygen atoms in total. The first kappa shape index (κ1) is 25.3. The Balaban J connectivity index is 1.37. The molecule has 2 aliphatic heterocycles. The van der Waals surface area contributed by atoms with Gasteiger partial charge >= 0.3 is 0 Å². The molecule has 2 aromatic carbocycles. The van der Waals surface area contributed by atoms with Gasteiger partial charge in [0.1, 0.15) is 12.4 Å². The topological polar surface area (TPSA) is 52.2 Å². The number of benzene rings is 2. The fourth-order valence-corrected chi connectivity index (χ4v) is 5.50. The third-order valence-electron chi connectivity index (χ3n) is 6.51. The molecule has 2 heterocycles. The normalized spacial score (nSPS) is 20.1. The van der Waals surface area contributed by atoms with E-state index >= 15 is 0 Å². The second-order valence-corrected chi connectivity index (χ2v) is 10.0. The van der Waals surface area contributed by atoms with Crippen molar-refractivity contribution in [2.75, 3.05) is 70.9 Å². The predicted octanol–water partition coefficient (Wildman–Crippen LogP) is 4.32. The van der Waals surface area contributed by atoms with Crippen LogP contribution in [-0.4, -0.2) is 72.1 Å². The minimum absolute atomic E-state index is 0.158. The quantitative estimate of drug-likeness (QED) is 0.354. The van der Waals surface area contributed by atoms with Crippen molar-refractivity contribution in [3.05, 3.63) is 53.6 Å². The lowest BCUT2D eigenvalue weighted by molar-refractivity contribution is 0.0106. The zero-order valence-electron chi connectivity index (χ0n) is 20.5. The summed E-state index contributed by atoms with van der Waals surface area (Å²) < 4.78 is 22.8. The third-order valence-corrected chi connectivity index (χ3v) is 7.49. The van der Waals surface area contributed by atoms with Gasteiger partial charge < -0.3 is 29.2 Å². The van der Waals surface area contributed by atoms with Crippen molar-refractivity contribution in [3.63, 3.8) is 0 Å². The zero-order chi connectivity index (χ0) is 23.6. The molecule has 0 saturated carbocycles. The number of nitrogens with zero attached hydrogens (tertiary/aromatic N) is 1. The molecule has 186 valence electrons. The van der Waals surface area contributed by atoms with Crippen molar-refractivity contribution in [3.8, 4) is 5.75 Å². The number of hydrogen-bond acceptors (Lipinski definition) is 7. The van der Waals surface area contributed by atoms with E-state index in [1.807, 2.05) is 11.8 Å². The van der Waals surface area contributed by atoms with Crippen LogP contribution in [0.1, 0.15) is 29.9 Å². The van der Waals surface area contributed by atoms with E-state index in [-0.39, 0.29) is 6.10 Å². The molecule has 1 saturated heterocycles. The molecule has 4 rings (SSSR count). The Kier molecular flexibility index (Phi) is 9.95. The van der Waals surface area contributed by atoms with E-state index < -0.39 is 0 Å². The third kappa shape index (κ3) is 6.89. The number of piperidine rings is 1. The van der Waals surface area contributed by atoms with E-state index in [0.29, 0.717) is 12.5 Å². The highest BCUT2D eigenvalue weighted by Gasteiger charge is 2.27. The summed E-state index contributed by atoms with van der Waals surface area (Å²) in [6.07, 6.45) is 2.26. The standard InChI is InChI=1S/C27H38N2O4S/c1-30-14-3-12-29-13-15-32-26-9-4-21(18-25(26)29)20-33-27-19-28-11-10-24(27)22-5-7-23(8-6-22)34-17-16-31-2/h4-9,18,24,27-28H,3,10-17,19-20H2,1-2H3/t24-,27+/m1/s1. The lowest BCUT2D eigenvalue weighted by Crippen LogP contribution is -2.41. The summed E-state index contributed by atoms with van der Waals surface area (Å²) in [6, 6.07) is 15.5. The average molecular weight is 487 g/mol. The summed E-state index contributed by atoms with van der Waals surface area (Å²) in [5.41, 5.74) is 3.73. The molecule has 0 aliphatic carbocycles. The van der Waals surface area contributed by atoms with Crippen LogP contribution in [0.5, 0.6) is 5.75 Å². The number of thioether (sulfide) groups is 1. The fraction of sp³-hybridized carbons (Fsp3) is 0.556. The van der Waals surface area contributed by atoms with Crippen molar-refractivity contribution in [2.45, 2.75) is 36.4 Å². The van der Waals surface area contributed by atoms with Gasteiger partial charge in [0.15, 0.2) is 0 Å². The molecule has 1 fully saturated rings.